The zero-order valence-corrected chi connectivity index (χ0v) is 11.9. The first kappa shape index (κ1) is 14.6. The monoisotopic (exact) mass is 278 g/mol. The second kappa shape index (κ2) is 5.92. The van der Waals surface area contributed by atoms with E-state index in [2.05, 4.69) is 0 Å². The van der Waals surface area contributed by atoms with Crippen molar-refractivity contribution in [2.24, 2.45) is 5.73 Å². The molecule has 17 heavy (non-hydrogen) atoms. The average molecular weight is 278 g/mol. The lowest BCUT2D eigenvalue weighted by Gasteiger charge is -2.17. The molecule has 0 aliphatic heterocycles. The number of ether oxygens (including phenoxy) is 1. The van der Waals surface area contributed by atoms with Crippen molar-refractivity contribution in [1.29, 1.82) is 0 Å². The number of thiophene rings is 1. The molecule has 0 unspecified atom stereocenters. The van der Waals surface area contributed by atoms with E-state index in [1.807, 2.05) is 5.38 Å². The second-order valence-corrected chi connectivity index (χ2v) is 6.64. The van der Waals surface area contributed by atoms with Gasteiger partial charge in [-0.25, -0.2) is 8.42 Å². The summed E-state index contributed by atoms with van der Waals surface area (Å²) in [6, 6.07) is 0. The van der Waals surface area contributed by atoms with E-state index < -0.39 is 10.0 Å². The fourth-order valence-electron chi connectivity index (χ4n) is 1.47. The van der Waals surface area contributed by atoms with Gasteiger partial charge in [-0.15, -0.1) is 11.3 Å². The Morgan fingerprint density at radius 2 is 2.18 bits per heavy atom. The predicted molar refractivity (Wildman–Crippen MR) is 68.6 cm³/mol. The van der Waals surface area contributed by atoms with Crippen molar-refractivity contribution in [3.8, 4) is 0 Å². The van der Waals surface area contributed by atoms with Crippen LogP contribution >= 0.6 is 11.3 Å². The summed E-state index contributed by atoms with van der Waals surface area (Å²) in [4.78, 5) is 1.05. The molecule has 0 radical (unpaired) electrons. The highest BCUT2D eigenvalue weighted by atomic mass is 32.2. The van der Waals surface area contributed by atoms with Gasteiger partial charge in [-0.1, -0.05) is 0 Å². The fourth-order valence-corrected chi connectivity index (χ4v) is 4.27. The van der Waals surface area contributed by atoms with Gasteiger partial charge in [-0.2, -0.15) is 4.31 Å². The minimum absolute atomic E-state index is 0.241. The van der Waals surface area contributed by atoms with Crippen LogP contribution in [0.4, 0.5) is 0 Å². The molecule has 2 N–H and O–H groups in total. The standard InChI is InChI=1S/C10H18N2O3S2/c1-8-7-16-9(6-11)10(8)17(13,14)12(2)4-5-15-3/h7H,4-6,11H2,1-3H3. The molecule has 0 saturated carbocycles. The van der Waals surface area contributed by atoms with Crippen LogP contribution in [0, 0.1) is 6.92 Å². The average Bonchev–Trinajstić information content (AvgIpc) is 2.67. The van der Waals surface area contributed by atoms with Crippen LogP contribution in [0.1, 0.15) is 10.4 Å². The Kier molecular flexibility index (Phi) is 5.08. The van der Waals surface area contributed by atoms with Crippen molar-refractivity contribution in [3.05, 3.63) is 15.8 Å². The Labute approximate surface area is 106 Å². The summed E-state index contributed by atoms with van der Waals surface area (Å²) in [5.41, 5.74) is 6.31. The first-order valence-corrected chi connectivity index (χ1v) is 7.49. The first-order chi connectivity index (χ1) is 7.95. The molecule has 0 spiro atoms. The lowest BCUT2D eigenvalue weighted by Crippen LogP contribution is -2.31. The minimum atomic E-state index is -3.46. The third kappa shape index (κ3) is 3.05. The van der Waals surface area contributed by atoms with E-state index in [0.717, 1.165) is 5.56 Å². The Bertz CT molecular complexity index is 468. The van der Waals surface area contributed by atoms with Crippen molar-refractivity contribution in [2.75, 3.05) is 27.3 Å². The number of rotatable bonds is 6. The normalized spacial score (nSPS) is 12.3. The van der Waals surface area contributed by atoms with Crippen molar-refractivity contribution in [3.63, 3.8) is 0 Å². The van der Waals surface area contributed by atoms with Crippen LogP contribution in [0.15, 0.2) is 10.3 Å². The molecule has 0 bridgehead atoms. The van der Waals surface area contributed by atoms with Crippen LogP contribution in [-0.2, 0) is 21.3 Å². The molecular formula is C10H18N2O3S2. The smallest absolute Gasteiger partial charge is 0.244 e. The van der Waals surface area contributed by atoms with Gasteiger partial charge >= 0.3 is 0 Å². The maximum atomic E-state index is 12.3. The molecule has 7 heteroatoms. The molecule has 0 amide bonds. The maximum Gasteiger partial charge on any atom is 0.244 e. The summed E-state index contributed by atoms with van der Waals surface area (Å²) < 4.78 is 30.8. The molecule has 0 aromatic carbocycles. The van der Waals surface area contributed by atoms with Crippen LogP contribution in [-0.4, -0.2) is 40.0 Å². The van der Waals surface area contributed by atoms with E-state index in [-0.39, 0.29) is 6.54 Å². The molecule has 0 saturated heterocycles. The fraction of sp³-hybridized carbons (Fsp3) is 0.600. The summed E-state index contributed by atoms with van der Waals surface area (Å²) in [5.74, 6) is 0. The van der Waals surface area contributed by atoms with Crippen molar-refractivity contribution in [2.45, 2.75) is 18.4 Å². The summed E-state index contributed by atoms with van der Waals surface area (Å²) >= 11 is 1.38. The SMILES string of the molecule is COCCN(C)S(=O)(=O)c1c(C)csc1CN. The van der Waals surface area contributed by atoms with Crippen molar-refractivity contribution in [1.82, 2.24) is 4.31 Å². The summed E-state index contributed by atoms with van der Waals surface area (Å²) in [7, 11) is -0.367. The highest BCUT2D eigenvalue weighted by Crippen LogP contribution is 2.28. The van der Waals surface area contributed by atoms with E-state index in [0.29, 0.717) is 22.9 Å². The second-order valence-electron chi connectivity index (χ2n) is 3.69. The number of nitrogens with two attached hydrogens (primary N) is 1. The Hall–Kier alpha value is -0.470. The van der Waals surface area contributed by atoms with Gasteiger partial charge in [-0.05, 0) is 17.9 Å². The van der Waals surface area contributed by atoms with Gasteiger partial charge in [0, 0.05) is 32.1 Å². The quantitative estimate of drug-likeness (QED) is 0.834. The van der Waals surface area contributed by atoms with Gasteiger partial charge in [0.25, 0.3) is 0 Å². The lowest BCUT2D eigenvalue weighted by molar-refractivity contribution is 0.185. The highest BCUT2D eigenvalue weighted by Gasteiger charge is 2.26. The van der Waals surface area contributed by atoms with Crippen LogP contribution < -0.4 is 5.73 Å². The highest BCUT2D eigenvalue weighted by molar-refractivity contribution is 7.89. The summed E-state index contributed by atoms with van der Waals surface area (Å²) in [6.07, 6.45) is 0. The minimum Gasteiger partial charge on any atom is -0.383 e. The predicted octanol–water partition coefficient (Wildman–Crippen LogP) is 0.782. The number of hydrogen-bond donors (Lipinski definition) is 1. The molecule has 0 aliphatic rings. The van der Waals surface area contributed by atoms with E-state index in [1.54, 1.807) is 21.1 Å². The molecule has 0 atom stereocenters. The molecule has 98 valence electrons. The molecule has 0 fully saturated rings. The topological polar surface area (TPSA) is 72.6 Å². The van der Waals surface area contributed by atoms with Gasteiger partial charge < -0.3 is 10.5 Å². The van der Waals surface area contributed by atoms with E-state index >= 15 is 0 Å². The molecule has 1 aromatic heterocycles. The van der Waals surface area contributed by atoms with E-state index in [9.17, 15) is 8.42 Å². The number of methoxy groups -OCH3 is 1. The first-order valence-electron chi connectivity index (χ1n) is 5.17. The van der Waals surface area contributed by atoms with Crippen LogP contribution in [0.25, 0.3) is 0 Å². The number of sulfonamides is 1. The third-order valence-electron chi connectivity index (χ3n) is 2.45. The van der Waals surface area contributed by atoms with Gasteiger partial charge in [-0.3, -0.25) is 0 Å². The van der Waals surface area contributed by atoms with Crippen molar-refractivity contribution < 1.29 is 13.2 Å². The molecule has 1 heterocycles. The van der Waals surface area contributed by atoms with Crippen LogP contribution in [0.5, 0.6) is 0 Å². The van der Waals surface area contributed by atoms with Crippen molar-refractivity contribution >= 4 is 21.4 Å². The van der Waals surface area contributed by atoms with Crippen LogP contribution in [0.3, 0.4) is 0 Å². The van der Waals surface area contributed by atoms with Gasteiger partial charge in [0.05, 0.1) is 6.61 Å². The summed E-state index contributed by atoms with van der Waals surface area (Å²) in [6.45, 7) is 2.73. The lowest BCUT2D eigenvalue weighted by atomic mass is 10.3. The van der Waals surface area contributed by atoms with E-state index in [4.69, 9.17) is 10.5 Å². The molecule has 0 aliphatic carbocycles. The Morgan fingerprint density at radius 3 is 2.71 bits per heavy atom. The molecule has 5 nitrogen and oxygen atoms in total. The van der Waals surface area contributed by atoms with Crippen LogP contribution in [0.2, 0.25) is 0 Å². The number of hydrogen-bond acceptors (Lipinski definition) is 5. The van der Waals surface area contributed by atoms with Gasteiger partial charge in [0.2, 0.25) is 10.0 Å². The zero-order valence-electron chi connectivity index (χ0n) is 10.3. The Balaban J connectivity index is 3.08. The maximum absolute atomic E-state index is 12.3. The largest absolute Gasteiger partial charge is 0.383 e. The number of likely N-dealkylation sites (N-methyl/N-ethyl adjacent to an activating group) is 1. The Morgan fingerprint density at radius 1 is 1.53 bits per heavy atom. The zero-order chi connectivity index (χ0) is 13.1. The van der Waals surface area contributed by atoms with Gasteiger partial charge in [0.1, 0.15) is 4.90 Å². The molecule has 1 rings (SSSR count). The number of aryl methyl sites for hydroxylation is 1. The molecular weight excluding hydrogens is 260 g/mol. The van der Waals surface area contributed by atoms with Gasteiger partial charge in [0.15, 0.2) is 0 Å². The van der Waals surface area contributed by atoms with E-state index in [1.165, 1.54) is 15.6 Å². The summed E-state index contributed by atoms with van der Waals surface area (Å²) in [5, 5.41) is 1.82. The number of nitrogens with zero attached hydrogens (tertiary/aromatic N) is 1. The molecule has 1 aromatic rings. The third-order valence-corrected chi connectivity index (χ3v) is 5.80.